The van der Waals surface area contributed by atoms with Gasteiger partial charge in [0, 0.05) is 11.8 Å². The van der Waals surface area contributed by atoms with Crippen LogP contribution < -0.4 is 0 Å². The fourth-order valence-corrected chi connectivity index (χ4v) is 0.796. The van der Waals surface area contributed by atoms with E-state index >= 15 is 0 Å². The minimum atomic E-state index is -1.06. The van der Waals surface area contributed by atoms with Crippen molar-refractivity contribution >= 4 is 5.97 Å². The van der Waals surface area contributed by atoms with Gasteiger partial charge in [0.05, 0.1) is 0 Å². The van der Waals surface area contributed by atoms with E-state index in [0.29, 0.717) is 5.56 Å². The smallest absolute Gasteiger partial charge is 0.354 e. The molecule has 1 heterocycles. The first kappa shape index (κ1) is 8.28. The van der Waals surface area contributed by atoms with Crippen LogP contribution in [0.1, 0.15) is 21.6 Å². The van der Waals surface area contributed by atoms with E-state index in [1.54, 1.807) is 6.92 Å². The number of aromatic nitrogens is 1. The number of carboxylic acids is 1. The molecule has 0 saturated heterocycles. The van der Waals surface area contributed by atoms with Crippen LogP contribution in [-0.2, 0) is 0 Å². The Bertz CT molecular complexity index is 363. The molecule has 0 radical (unpaired) electrons. The molecule has 1 rings (SSSR count). The van der Waals surface area contributed by atoms with Crippen molar-refractivity contribution in [3.63, 3.8) is 0 Å². The summed E-state index contributed by atoms with van der Waals surface area (Å²) in [6.45, 7) is 1.79. The van der Waals surface area contributed by atoms with E-state index in [4.69, 9.17) is 11.5 Å². The van der Waals surface area contributed by atoms with Gasteiger partial charge in [-0.1, -0.05) is 5.92 Å². The van der Waals surface area contributed by atoms with Gasteiger partial charge in [0.1, 0.15) is 5.69 Å². The molecule has 12 heavy (non-hydrogen) atoms. The quantitative estimate of drug-likeness (QED) is 0.627. The van der Waals surface area contributed by atoms with Crippen LogP contribution in [0.2, 0.25) is 0 Å². The second kappa shape index (κ2) is 3.05. The third-order valence-corrected chi connectivity index (χ3v) is 1.48. The van der Waals surface area contributed by atoms with E-state index in [2.05, 4.69) is 10.9 Å². The fraction of sp³-hybridized carbons (Fsp3) is 0.111. The number of aryl methyl sites for hydroxylation is 1. The Kier molecular flexibility index (Phi) is 2.11. The zero-order chi connectivity index (χ0) is 9.14. The van der Waals surface area contributed by atoms with Gasteiger partial charge in [0.15, 0.2) is 0 Å². The van der Waals surface area contributed by atoms with Crippen molar-refractivity contribution in [2.75, 3.05) is 0 Å². The molecule has 1 aromatic heterocycles. The molecule has 0 spiro atoms. The molecule has 0 amide bonds. The predicted molar refractivity (Wildman–Crippen MR) is 43.9 cm³/mol. The Morgan fingerprint density at radius 2 is 2.42 bits per heavy atom. The summed E-state index contributed by atoms with van der Waals surface area (Å²) in [5.41, 5.74) is 1.36. The molecule has 0 aliphatic rings. The van der Waals surface area contributed by atoms with Gasteiger partial charge >= 0.3 is 5.97 Å². The van der Waals surface area contributed by atoms with Gasteiger partial charge in [-0.15, -0.1) is 6.42 Å². The molecular weight excluding hydrogens is 154 g/mol. The highest BCUT2D eigenvalue weighted by molar-refractivity contribution is 5.85. The SMILES string of the molecule is C#Cc1cc(C(=O)O)ncc1C. The van der Waals surface area contributed by atoms with Crippen LogP contribution >= 0.6 is 0 Å². The second-order valence-corrected chi connectivity index (χ2v) is 2.33. The summed E-state index contributed by atoms with van der Waals surface area (Å²) in [7, 11) is 0. The monoisotopic (exact) mass is 161 g/mol. The highest BCUT2D eigenvalue weighted by Gasteiger charge is 2.05. The lowest BCUT2D eigenvalue weighted by molar-refractivity contribution is 0.0690. The maximum absolute atomic E-state index is 10.4. The molecule has 1 N–H and O–H groups in total. The molecule has 0 aliphatic carbocycles. The van der Waals surface area contributed by atoms with Crippen LogP contribution in [0.3, 0.4) is 0 Å². The Morgan fingerprint density at radius 1 is 1.75 bits per heavy atom. The molecule has 0 unspecified atom stereocenters. The minimum absolute atomic E-state index is 0.0199. The minimum Gasteiger partial charge on any atom is -0.477 e. The van der Waals surface area contributed by atoms with Crippen LogP contribution in [-0.4, -0.2) is 16.1 Å². The molecule has 3 heteroatoms. The zero-order valence-corrected chi connectivity index (χ0v) is 6.53. The summed E-state index contributed by atoms with van der Waals surface area (Å²) in [5.74, 6) is 1.32. The molecule has 60 valence electrons. The van der Waals surface area contributed by atoms with Gasteiger partial charge < -0.3 is 5.11 Å². The van der Waals surface area contributed by atoms with Crippen LogP contribution in [0.25, 0.3) is 0 Å². The maximum Gasteiger partial charge on any atom is 0.354 e. The van der Waals surface area contributed by atoms with E-state index in [1.165, 1.54) is 12.3 Å². The third-order valence-electron chi connectivity index (χ3n) is 1.48. The zero-order valence-electron chi connectivity index (χ0n) is 6.53. The number of hydrogen-bond acceptors (Lipinski definition) is 2. The number of carbonyl (C=O) groups is 1. The molecule has 3 nitrogen and oxygen atoms in total. The Labute approximate surface area is 70.1 Å². The Morgan fingerprint density at radius 3 is 2.92 bits per heavy atom. The van der Waals surface area contributed by atoms with Crippen molar-refractivity contribution < 1.29 is 9.90 Å². The van der Waals surface area contributed by atoms with Gasteiger partial charge in [-0.25, -0.2) is 9.78 Å². The Hall–Kier alpha value is -1.82. The second-order valence-electron chi connectivity index (χ2n) is 2.33. The van der Waals surface area contributed by atoms with E-state index in [0.717, 1.165) is 5.56 Å². The lowest BCUT2D eigenvalue weighted by Crippen LogP contribution is -2.01. The van der Waals surface area contributed by atoms with Crippen LogP contribution in [0.5, 0.6) is 0 Å². The van der Waals surface area contributed by atoms with Crippen molar-refractivity contribution in [3.8, 4) is 12.3 Å². The summed E-state index contributed by atoms with van der Waals surface area (Å²) < 4.78 is 0. The number of aromatic carboxylic acids is 1. The van der Waals surface area contributed by atoms with E-state index in [1.807, 2.05) is 0 Å². The number of rotatable bonds is 1. The van der Waals surface area contributed by atoms with Gasteiger partial charge in [0.2, 0.25) is 0 Å². The first-order chi connectivity index (χ1) is 5.65. The molecule has 0 aliphatic heterocycles. The van der Waals surface area contributed by atoms with Crippen LogP contribution in [0, 0.1) is 19.3 Å². The highest BCUT2D eigenvalue weighted by atomic mass is 16.4. The van der Waals surface area contributed by atoms with Gasteiger partial charge in [0.25, 0.3) is 0 Å². The van der Waals surface area contributed by atoms with E-state index in [9.17, 15) is 4.79 Å². The van der Waals surface area contributed by atoms with Crippen molar-refractivity contribution in [2.45, 2.75) is 6.92 Å². The van der Waals surface area contributed by atoms with Crippen molar-refractivity contribution in [1.82, 2.24) is 4.98 Å². The fourth-order valence-electron chi connectivity index (χ4n) is 0.796. The molecule has 0 atom stereocenters. The Balaban J connectivity index is 3.25. The molecule has 0 fully saturated rings. The van der Waals surface area contributed by atoms with Crippen LogP contribution in [0.4, 0.5) is 0 Å². The lowest BCUT2D eigenvalue weighted by Gasteiger charge is -1.98. The average molecular weight is 161 g/mol. The van der Waals surface area contributed by atoms with Gasteiger partial charge in [-0.05, 0) is 18.6 Å². The topological polar surface area (TPSA) is 50.2 Å². The van der Waals surface area contributed by atoms with E-state index < -0.39 is 5.97 Å². The summed E-state index contributed by atoms with van der Waals surface area (Å²) in [6.07, 6.45) is 6.61. The van der Waals surface area contributed by atoms with Crippen molar-refractivity contribution in [2.24, 2.45) is 0 Å². The predicted octanol–water partition coefficient (Wildman–Crippen LogP) is 1.07. The third kappa shape index (κ3) is 1.43. The highest BCUT2D eigenvalue weighted by Crippen LogP contribution is 2.06. The number of pyridine rings is 1. The maximum atomic E-state index is 10.4. The summed E-state index contributed by atoms with van der Waals surface area (Å²) in [4.78, 5) is 14.1. The molecule has 0 bridgehead atoms. The standard InChI is InChI=1S/C9H7NO2/c1-3-7-4-8(9(11)12)10-5-6(7)2/h1,4-5H,2H3,(H,11,12). The molecule has 1 aromatic rings. The first-order valence-electron chi connectivity index (χ1n) is 3.31. The summed E-state index contributed by atoms with van der Waals surface area (Å²) >= 11 is 0. The molecular formula is C9H7NO2. The molecule has 0 saturated carbocycles. The summed E-state index contributed by atoms with van der Waals surface area (Å²) in [5, 5.41) is 8.56. The number of nitrogens with zero attached hydrogens (tertiary/aromatic N) is 1. The van der Waals surface area contributed by atoms with Crippen LogP contribution in [0.15, 0.2) is 12.3 Å². The van der Waals surface area contributed by atoms with Crippen molar-refractivity contribution in [1.29, 1.82) is 0 Å². The van der Waals surface area contributed by atoms with Gasteiger partial charge in [-0.2, -0.15) is 0 Å². The normalized spacial score (nSPS) is 9.00. The van der Waals surface area contributed by atoms with Crippen molar-refractivity contribution in [3.05, 3.63) is 29.1 Å². The van der Waals surface area contributed by atoms with E-state index in [-0.39, 0.29) is 5.69 Å². The number of hydrogen-bond donors (Lipinski definition) is 1. The average Bonchev–Trinajstić information content (AvgIpc) is 2.05. The summed E-state index contributed by atoms with van der Waals surface area (Å²) in [6, 6.07) is 1.39. The molecule has 0 aromatic carbocycles. The largest absolute Gasteiger partial charge is 0.477 e. The number of terminal acetylenes is 1. The lowest BCUT2D eigenvalue weighted by atomic mass is 10.1. The first-order valence-corrected chi connectivity index (χ1v) is 3.31. The van der Waals surface area contributed by atoms with Gasteiger partial charge in [-0.3, -0.25) is 0 Å². The number of carboxylic acid groups (broad SMARTS) is 1.